The fourth-order valence-corrected chi connectivity index (χ4v) is 3.45. The molecule has 7 heteroatoms. The second-order valence-corrected chi connectivity index (χ2v) is 8.02. The summed E-state index contributed by atoms with van der Waals surface area (Å²) in [5.41, 5.74) is 2.67. The van der Waals surface area contributed by atoms with Crippen molar-refractivity contribution in [3.05, 3.63) is 106 Å². The van der Waals surface area contributed by atoms with Crippen LogP contribution in [0.25, 0.3) is 0 Å². The molecule has 1 amide bonds. The standard InChI is InChI=1S/C28H24F3NO3/c1-2-3-20-4-6-21(7-5-20)8-9-22-10-12-23(13-11-22)18-32(19-26(33)34)27(35)24-14-16-25(17-15-24)28(29,30)31/h4-7,10-17H,2-3,18-19H2,1H3,(H,33,34). The van der Waals surface area contributed by atoms with Crippen molar-refractivity contribution in [2.45, 2.75) is 32.5 Å². The average molecular weight is 479 g/mol. The Morgan fingerprint density at radius 1 is 0.829 bits per heavy atom. The van der Waals surface area contributed by atoms with E-state index in [-0.39, 0.29) is 12.1 Å². The molecule has 0 heterocycles. The van der Waals surface area contributed by atoms with Crippen molar-refractivity contribution >= 4 is 11.9 Å². The molecule has 0 fully saturated rings. The zero-order valence-corrected chi connectivity index (χ0v) is 19.1. The van der Waals surface area contributed by atoms with Crippen LogP contribution in [0.3, 0.4) is 0 Å². The predicted molar refractivity (Wildman–Crippen MR) is 127 cm³/mol. The third-order valence-corrected chi connectivity index (χ3v) is 5.24. The molecule has 35 heavy (non-hydrogen) atoms. The molecule has 4 nitrogen and oxygen atoms in total. The van der Waals surface area contributed by atoms with E-state index in [1.807, 2.05) is 12.1 Å². The maximum atomic E-state index is 12.8. The summed E-state index contributed by atoms with van der Waals surface area (Å²) in [6.45, 7) is 1.52. The Hall–Kier alpha value is -4.05. The molecule has 0 saturated heterocycles. The van der Waals surface area contributed by atoms with Crippen molar-refractivity contribution < 1.29 is 27.9 Å². The minimum Gasteiger partial charge on any atom is -0.480 e. The topological polar surface area (TPSA) is 57.6 Å². The van der Waals surface area contributed by atoms with Gasteiger partial charge >= 0.3 is 12.1 Å². The van der Waals surface area contributed by atoms with Crippen molar-refractivity contribution in [2.24, 2.45) is 0 Å². The van der Waals surface area contributed by atoms with Crippen LogP contribution in [-0.2, 0) is 23.9 Å². The molecule has 0 bridgehead atoms. The van der Waals surface area contributed by atoms with Crippen LogP contribution in [0.4, 0.5) is 13.2 Å². The van der Waals surface area contributed by atoms with Crippen LogP contribution in [0.5, 0.6) is 0 Å². The van der Waals surface area contributed by atoms with Gasteiger partial charge in [-0.15, -0.1) is 0 Å². The summed E-state index contributed by atoms with van der Waals surface area (Å²) in [4.78, 5) is 25.2. The van der Waals surface area contributed by atoms with E-state index in [4.69, 9.17) is 0 Å². The van der Waals surface area contributed by atoms with E-state index < -0.39 is 30.2 Å². The Kier molecular flexibility index (Phi) is 8.32. The number of carbonyl (C=O) groups excluding carboxylic acids is 1. The van der Waals surface area contributed by atoms with Gasteiger partial charge in [0.2, 0.25) is 0 Å². The van der Waals surface area contributed by atoms with Crippen molar-refractivity contribution in [3.63, 3.8) is 0 Å². The quantitative estimate of drug-likeness (QED) is 0.437. The Morgan fingerprint density at radius 3 is 1.80 bits per heavy atom. The number of hydrogen-bond acceptors (Lipinski definition) is 2. The van der Waals surface area contributed by atoms with Gasteiger partial charge in [0.05, 0.1) is 5.56 Å². The molecule has 0 atom stereocenters. The van der Waals surface area contributed by atoms with E-state index in [0.29, 0.717) is 5.56 Å². The van der Waals surface area contributed by atoms with E-state index in [0.717, 1.165) is 53.1 Å². The number of hydrogen-bond donors (Lipinski definition) is 1. The fourth-order valence-electron chi connectivity index (χ4n) is 3.45. The molecule has 0 aliphatic rings. The van der Waals surface area contributed by atoms with Crippen LogP contribution in [0.1, 0.15) is 51.5 Å². The maximum absolute atomic E-state index is 12.8. The molecule has 0 aromatic heterocycles. The number of benzene rings is 3. The molecule has 0 aliphatic heterocycles. The molecular weight excluding hydrogens is 455 g/mol. The van der Waals surface area contributed by atoms with Gasteiger partial charge in [0.25, 0.3) is 5.91 Å². The van der Waals surface area contributed by atoms with Crippen LogP contribution < -0.4 is 0 Å². The number of carboxylic acid groups (broad SMARTS) is 1. The highest BCUT2D eigenvalue weighted by atomic mass is 19.4. The first-order valence-electron chi connectivity index (χ1n) is 11.0. The van der Waals surface area contributed by atoms with Crippen LogP contribution in [0, 0.1) is 11.8 Å². The highest BCUT2D eigenvalue weighted by Gasteiger charge is 2.30. The van der Waals surface area contributed by atoms with Gasteiger partial charge in [-0.3, -0.25) is 9.59 Å². The Labute approximate surface area is 202 Å². The summed E-state index contributed by atoms with van der Waals surface area (Å²) in [6, 6.07) is 18.8. The largest absolute Gasteiger partial charge is 0.480 e. The van der Waals surface area contributed by atoms with E-state index in [9.17, 15) is 27.9 Å². The van der Waals surface area contributed by atoms with Gasteiger partial charge in [-0.05, 0) is 66.1 Å². The SMILES string of the molecule is CCCc1ccc(C#Cc2ccc(CN(CC(=O)O)C(=O)c3ccc(C(F)(F)F)cc3)cc2)cc1. The number of alkyl halides is 3. The summed E-state index contributed by atoms with van der Waals surface area (Å²) in [7, 11) is 0. The second kappa shape index (κ2) is 11.4. The molecule has 3 rings (SSSR count). The number of nitrogens with zero attached hydrogens (tertiary/aromatic N) is 1. The lowest BCUT2D eigenvalue weighted by atomic mass is 10.1. The van der Waals surface area contributed by atoms with Crippen molar-refractivity contribution in [1.29, 1.82) is 0 Å². The molecule has 3 aromatic rings. The number of carbonyl (C=O) groups is 2. The summed E-state index contributed by atoms with van der Waals surface area (Å²) >= 11 is 0. The first-order chi connectivity index (χ1) is 16.7. The average Bonchev–Trinajstić information content (AvgIpc) is 2.83. The van der Waals surface area contributed by atoms with E-state index in [2.05, 4.69) is 30.9 Å². The lowest BCUT2D eigenvalue weighted by Crippen LogP contribution is -2.35. The highest BCUT2D eigenvalue weighted by Crippen LogP contribution is 2.29. The number of aliphatic carboxylic acids is 1. The van der Waals surface area contributed by atoms with Gasteiger partial charge in [-0.1, -0.05) is 49.5 Å². The summed E-state index contributed by atoms with van der Waals surface area (Å²) in [6.07, 6.45) is -2.42. The first-order valence-corrected chi connectivity index (χ1v) is 11.0. The molecule has 0 saturated carbocycles. The lowest BCUT2D eigenvalue weighted by molar-refractivity contribution is -0.138. The van der Waals surface area contributed by atoms with E-state index in [1.165, 1.54) is 5.56 Å². The van der Waals surface area contributed by atoms with Crippen molar-refractivity contribution in [1.82, 2.24) is 4.90 Å². The Morgan fingerprint density at radius 2 is 1.34 bits per heavy atom. The van der Waals surface area contributed by atoms with Crippen molar-refractivity contribution in [2.75, 3.05) is 6.54 Å². The lowest BCUT2D eigenvalue weighted by Gasteiger charge is -2.21. The molecule has 0 unspecified atom stereocenters. The normalized spacial score (nSPS) is 10.9. The van der Waals surface area contributed by atoms with Gasteiger partial charge in [0.1, 0.15) is 6.54 Å². The number of aryl methyl sites for hydroxylation is 1. The maximum Gasteiger partial charge on any atom is 0.416 e. The minimum absolute atomic E-state index is 0.0151. The molecule has 0 radical (unpaired) electrons. The fraction of sp³-hybridized carbons (Fsp3) is 0.214. The molecule has 1 N–H and O–H groups in total. The van der Waals surface area contributed by atoms with Crippen LogP contribution in [-0.4, -0.2) is 28.4 Å². The summed E-state index contributed by atoms with van der Waals surface area (Å²) in [5.74, 6) is 4.28. The van der Waals surface area contributed by atoms with Gasteiger partial charge in [0, 0.05) is 23.2 Å². The van der Waals surface area contributed by atoms with Gasteiger partial charge in [-0.2, -0.15) is 13.2 Å². The van der Waals surface area contributed by atoms with Crippen LogP contribution in [0.2, 0.25) is 0 Å². The third kappa shape index (κ3) is 7.47. The molecule has 0 spiro atoms. The highest BCUT2D eigenvalue weighted by molar-refractivity contribution is 5.95. The number of rotatable bonds is 7. The molecular formula is C28H24F3NO3. The Balaban J connectivity index is 1.71. The van der Waals surface area contributed by atoms with E-state index in [1.54, 1.807) is 24.3 Å². The summed E-state index contributed by atoms with van der Waals surface area (Å²) in [5, 5.41) is 9.22. The van der Waals surface area contributed by atoms with Gasteiger partial charge < -0.3 is 10.0 Å². The van der Waals surface area contributed by atoms with Crippen LogP contribution >= 0.6 is 0 Å². The van der Waals surface area contributed by atoms with Gasteiger partial charge in [0.15, 0.2) is 0 Å². The van der Waals surface area contributed by atoms with Crippen molar-refractivity contribution in [3.8, 4) is 11.8 Å². The number of halogens is 3. The van der Waals surface area contributed by atoms with E-state index >= 15 is 0 Å². The summed E-state index contributed by atoms with van der Waals surface area (Å²) < 4.78 is 38.4. The zero-order valence-electron chi connectivity index (χ0n) is 19.1. The monoisotopic (exact) mass is 479 g/mol. The number of carboxylic acids is 1. The number of amides is 1. The smallest absolute Gasteiger partial charge is 0.416 e. The first kappa shape index (κ1) is 25.6. The third-order valence-electron chi connectivity index (χ3n) is 5.24. The van der Waals surface area contributed by atoms with Crippen LogP contribution in [0.15, 0.2) is 72.8 Å². The molecule has 0 aliphatic carbocycles. The second-order valence-electron chi connectivity index (χ2n) is 8.02. The molecule has 180 valence electrons. The molecule has 3 aromatic carbocycles. The minimum atomic E-state index is -4.52. The van der Waals surface area contributed by atoms with Gasteiger partial charge in [-0.25, -0.2) is 0 Å². The Bertz CT molecular complexity index is 1220. The predicted octanol–water partition coefficient (Wildman–Crippen LogP) is 5.78. The zero-order chi connectivity index (χ0) is 25.4.